The molecule has 0 atom stereocenters. The first kappa shape index (κ1) is 29.4. The van der Waals surface area contributed by atoms with E-state index < -0.39 is 27.6 Å². The normalized spacial score (nSPS) is 12.6. The van der Waals surface area contributed by atoms with Crippen LogP contribution in [-0.4, -0.2) is 52.2 Å². The lowest BCUT2D eigenvalue weighted by Gasteiger charge is -2.20. The maximum atomic E-state index is 14.4. The van der Waals surface area contributed by atoms with E-state index in [1.165, 1.54) is 50.5 Å². The summed E-state index contributed by atoms with van der Waals surface area (Å²) in [6.07, 6.45) is 2.73. The van der Waals surface area contributed by atoms with E-state index in [-0.39, 0.29) is 34.0 Å². The molecule has 0 fully saturated rings. The van der Waals surface area contributed by atoms with E-state index in [0.717, 1.165) is 10.6 Å². The average Bonchev–Trinajstić information content (AvgIpc) is 3.59. The smallest absolute Gasteiger partial charge is 0.255 e. The van der Waals surface area contributed by atoms with Gasteiger partial charge in [0.25, 0.3) is 5.91 Å². The Labute approximate surface area is 246 Å². The van der Waals surface area contributed by atoms with Crippen molar-refractivity contribution in [2.75, 3.05) is 24.7 Å². The molecule has 0 bridgehead atoms. The Morgan fingerprint density at radius 2 is 1.81 bits per heavy atom. The summed E-state index contributed by atoms with van der Waals surface area (Å²) < 4.78 is 60.6. The highest BCUT2D eigenvalue weighted by molar-refractivity contribution is 7.92. The number of H-pyrrole nitrogens is 1. The number of anilines is 1. The zero-order valence-electron chi connectivity index (χ0n) is 23.7. The molecule has 9 nitrogen and oxygen atoms in total. The molecule has 2 heterocycles. The number of hydrogen-bond acceptors (Lipinski definition) is 5. The molecule has 2 aromatic heterocycles. The lowest BCUT2D eigenvalue weighted by Crippen LogP contribution is -2.26. The van der Waals surface area contributed by atoms with Crippen LogP contribution in [0.5, 0.6) is 0 Å². The third-order valence-electron chi connectivity index (χ3n) is 6.98. The molecule has 5 aromatic rings. The lowest BCUT2D eigenvalue weighted by atomic mass is 10.0. The highest BCUT2D eigenvalue weighted by atomic mass is 32.2. The first-order chi connectivity index (χ1) is 20.5. The number of furan rings is 1. The van der Waals surface area contributed by atoms with Gasteiger partial charge < -0.3 is 14.7 Å². The fourth-order valence-corrected chi connectivity index (χ4v) is 5.25. The number of carbonyl (C=O) groups is 1. The molecule has 220 valence electrons. The second-order valence-electron chi connectivity index (χ2n) is 9.64. The Hall–Kier alpha value is -5.10. The number of aromatic nitrogens is 1. The summed E-state index contributed by atoms with van der Waals surface area (Å²) in [7, 11) is -0.964. The second-order valence-corrected chi connectivity index (χ2v) is 11.7. The van der Waals surface area contributed by atoms with Gasteiger partial charge in [0, 0.05) is 47.6 Å². The number of benzene rings is 3. The molecule has 43 heavy (non-hydrogen) atoms. The van der Waals surface area contributed by atoms with Gasteiger partial charge in [-0.25, -0.2) is 27.2 Å². The molecule has 1 amide bonds. The SMILES string of the molecule is C=NC(=N/C(=C\C)c1cc2c(F)cccc2[nH]1)c1cc2c(C(=O)NC)c(-c3ccc(F)cc3)oc2cc1N(C)S(C)(=O)=O. The molecule has 5 rings (SSSR count). The van der Waals surface area contributed by atoms with Crippen LogP contribution in [0.2, 0.25) is 0 Å². The van der Waals surface area contributed by atoms with Crippen LogP contribution in [0, 0.1) is 11.6 Å². The number of aromatic amines is 1. The van der Waals surface area contributed by atoms with Gasteiger partial charge in [-0.2, -0.15) is 0 Å². The van der Waals surface area contributed by atoms with Crippen LogP contribution >= 0.6 is 0 Å². The van der Waals surface area contributed by atoms with E-state index in [1.54, 1.807) is 37.3 Å². The van der Waals surface area contributed by atoms with Crippen molar-refractivity contribution in [3.8, 4) is 11.3 Å². The number of nitrogens with zero attached hydrogens (tertiary/aromatic N) is 3. The van der Waals surface area contributed by atoms with Crippen molar-refractivity contribution in [2.24, 2.45) is 9.98 Å². The number of hydrogen-bond donors (Lipinski definition) is 2. The summed E-state index contributed by atoms with van der Waals surface area (Å²) in [5.41, 5.74) is 2.63. The number of sulfonamides is 1. The van der Waals surface area contributed by atoms with Gasteiger partial charge in [0.1, 0.15) is 23.0 Å². The molecular formula is C31H27F2N5O4S. The molecule has 2 N–H and O–H groups in total. The van der Waals surface area contributed by atoms with Gasteiger partial charge in [-0.05, 0) is 62.2 Å². The van der Waals surface area contributed by atoms with Crippen LogP contribution in [-0.2, 0) is 10.0 Å². The zero-order valence-corrected chi connectivity index (χ0v) is 24.5. The van der Waals surface area contributed by atoms with Crippen molar-refractivity contribution in [1.82, 2.24) is 10.3 Å². The van der Waals surface area contributed by atoms with Crippen molar-refractivity contribution >= 4 is 61.7 Å². The highest BCUT2D eigenvalue weighted by Crippen LogP contribution is 2.38. The third kappa shape index (κ3) is 5.44. The van der Waals surface area contributed by atoms with E-state index in [2.05, 4.69) is 27.0 Å². The summed E-state index contributed by atoms with van der Waals surface area (Å²) in [6, 6.07) is 14.8. The Kier molecular flexibility index (Phi) is 7.72. The van der Waals surface area contributed by atoms with Gasteiger partial charge in [-0.1, -0.05) is 12.1 Å². The van der Waals surface area contributed by atoms with Crippen molar-refractivity contribution < 1.29 is 26.4 Å². The average molecular weight is 604 g/mol. The van der Waals surface area contributed by atoms with Crippen LogP contribution in [0.1, 0.15) is 28.5 Å². The number of allylic oxidation sites excluding steroid dienone is 1. The van der Waals surface area contributed by atoms with E-state index in [4.69, 9.17) is 4.42 Å². The molecule has 3 aromatic carbocycles. The third-order valence-corrected chi connectivity index (χ3v) is 8.17. The van der Waals surface area contributed by atoms with Gasteiger partial charge in [-0.3, -0.25) is 9.10 Å². The van der Waals surface area contributed by atoms with Crippen molar-refractivity contribution in [3.05, 3.63) is 95.2 Å². The van der Waals surface area contributed by atoms with Crippen LogP contribution in [0.3, 0.4) is 0 Å². The number of carbonyl (C=O) groups excluding carboxylic acids is 1. The molecule has 0 saturated heterocycles. The Bertz CT molecular complexity index is 2080. The highest BCUT2D eigenvalue weighted by Gasteiger charge is 2.27. The molecule has 0 aliphatic carbocycles. The first-order valence-corrected chi connectivity index (χ1v) is 14.8. The molecule has 0 aliphatic heterocycles. The first-order valence-electron chi connectivity index (χ1n) is 13.0. The molecule has 0 aliphatic rings. The molecule has 12 heteroatoms. The number of rotatable bonds is 7. The molecular weight excluding hydrogens is 576 g/mol. The second kappa shape index (κ2) is 11.3. The van der Waals surface area contributed by atoms with Crippen molar-refractivity contribution in [3.63, 3.8) is 0 Å². The maximum Gasteiger partial charge on any atom is 0.255 e. The molecule has 0 radical (unpaired) electrons. The largest absolute Gasteiger partial charge is 0.455 e. The lowest BCUT2D eigenvalue weighted by molar-refractivity contribution is 0.0964. The van der Waals surface area contributed by atoms with Crippen LogP contribution < -0.4 is 9.62 Å². The Balaban J connectivity index is 1.78. The summed E-state index contributed by atoms with van der Waals surface area (Å²) in [4.78, 5) is 25.1. The molecule has 0 unspecified atom stereocenters. The quantitative estimate of drug-likeness (QED) is 0.172. The van der Waals surface area contributed by atoms with Gasteiger partial charge in [-0.15, -0.1) is 0 Å². The number of fused-ring (bicyclic) bond motifs is 2. The molecule has 0 spiro atoms. The minimum atomic E-state index is -3.79. The van der Waals surface area contributed by atoms with Gasteiger partial charge in [0.05, 0.1) is 28.9 Å². The van der Waals surface area contributed by atoms with E-state index in [1.807, 2.05) is 0 Å². The van der Waals surface area contributed by atoms with E-state index >= 15 is 0 Å². The predicted molar refractivity (Wildman–Crippen MR) is 166 cm³/mol. The standard InChI is InChI=1S/C31H27F2N5O4S/c1-6-23(25-15-19-22(33)8-7-9-24(19)36-25)37-30(34-2)20-14-21-27(16-26(20)38(4)43(5,40)41)42-29(28(21)31(39)35-3)17-10-12-18(32)13-11-17/h6-16,36H,2H2,1,3-5H3,(H,35,39)/b23-6-,37-30?. The van der Waals surface area contributed by atoms with Crippen LogP contribution in [0.4, 0.5) is 14.5 Å². The summed E-state index contributed by atoms with van der Waals surface area (Å²) in [5, 5.41) is 3.31. The topological polar surface area (TPSA) is 120 Å². The van der Waals surface area contributed by atoms with Gasteiger partial charge in [0.2, 0.25) is 10.0 Å². The van der Waals surface area contributed by atoms with Crippen LogP contribution in [0.25, 0.3) is 38.9 Å². The number of halogens is 2. The predicted octanol–water partition coefficient (Wildman–Crippen LogP) is 6.12. The fraction of sp³-hybridized carbons (Fsp3) is 0.129. The fourth-order valence-electron chi connectivity index (χ4n) is 4.74. The minimum absolute atomic E-state index is 0.0343. The number of aliphatic imine (C=N–C) groups is 2. The van der Waals surface area contributed by atoms with Crippen LogP contribution in [0.15, 0.2) is 81.1 Å². The van der Waals surface area contributed by atoms with Crippen molar-refractivity contribution in [1.29, 1.82) is 0 Å². The zero-order chi connectivity index (χ0) is 31.1. The summed E-state index contributed by atoms with van der Waals surface area (Å²) >= 11 is 0. The number of amidine groups is 1. The summed E-state index contributed by atoms with van der Waals surface area (Å²) in [5.74, 6) is -1.14. The van der Waals surface area contributed by atoms with E-state index in [9.17, 15) is 22.0 Å². The van der Waals surface area contributed by atoms with Gasteiger partial charge >= 0.3 is 0 Å². The van der Waals surface area contributed by atoms with E-state index in [0.29, 0.717) is 33.2 Å². The Morgan fingerprint density at radius 3 is 2.42 bits per heavy atom. The number of nitrogens with one attached hydrogen (secondary N) is 2. The van der Waals surface area contributed by atoms with Crippen molar-refractivity contribution in [2.45, 2.75) is 6.92 Å². The Morgan fingerprint density at radius 1 is 1.09 bits per heavy atom. The maximum absolute atomic E-state index is 14.4. The molecule has 0 saturated carbocycles. The van der Waals surface area contributed by atoms with Gasteiger partial charge in [0.15, 0.2) is 5.84 Å². The monoisotopic (exact) mass is 603 g/mol. The summed E-state index contributed by atoms with van der Waals surface area (Å²) in [6.45, 7) is 5.41. The minimum Gasteiger partial charge on any atom is -0.455 e. The number of amides is 1.